The Kier molecular flexibility index (Phi) is 5.47. The summed E-state index contributed by atoms with van der Waals surface area (Å²) in [5.41, 5.74) is 1.32. The van der Waals surface area contributed by atoms with E-state index in [2.05, 4.69) is 0 Å². The maximum Gasteiger partial charge on any atom is 0.336 e. The monoisotopic (exact) mass is 202 g/mol. The van der Waals surface area contributed by atoms with Gasteiger partial charge in [-0.05, 0) is 25.8 Å². The lowest BCUT2D eigenvalue weighted by molar-refractivity contribution is -0.132. The van der Waals surface area contributed by atoms with Crippen molar-refractivity contribution in [2.45, 2.75) is 33.6 Å². The molecule has 2 nitrogen and oxygen atoms in total. The molecule has 0 bridgehead atoms. The summed E-state index contributed by atoms with van der Waals surface area (Å²) in [6.45, 7) is 5.91. The van der Waals surface area contributed by atoms with Crippen molar-refractivity contribution in [1.82, 2.24) is 0 Å². The van der Waals surface area contributed by atoms with Crippen molar-refractivity contribution in [2.24, 2.45) is 0 Å². The largest absolute Gasteiger partial charge is 0.478 e. The number of rotatable bonds is 1. The van der Waals surface area contributed by atoms with Crippen LogP contribution in [0.25, 0.3) is 0 Å². The standard InChI is InChI=1S/C8H9ClO2.C2H6/c1-5-2-3-7(9)6(4-5)8(10)11;1-2/h4H,2-3H2,1H3,(H,10,11);1-2H3. The van der Waals surface area contributed by atoms with Gasteiger partial charge in [-0.2, -0.15) is 0 Å². The maximum atomic E-state index is 10.5. The highest BCUT2D eigenvalue weighted by Crippen LogP contribution is 2.26. The van der Waals surface area contributed by atoms with Gasteiger partial charge in [0.05, 0.1) is 5.57 Å². The predicted octanol–water partition coefficient (Wildman–Crippen LogP) is 3.33. The molecule has 1 N–H and O–H groups in total. The van der Waals surface area contributed by atoms with Crippen molar-refractivity contribution in [1.29, 1.82) is 0 Å². The molecule has 0 amide bonds. The molecule has 0 aromatic rings. The van der Waals surface area contributed by atoms with E-state index in [1.807, 2.05) is 20.8 Å². The van der Waals surface area contributed by atoms with Gasteiger partial charge < -0.3 is 5.11 Å². The third kappa shape index (κ3) is 3.64. The molecule has 0 aromatic carbocycles. The fourth-order valence-corrected chi connectivity index (χ4v) is 1.25. The van der Waals surface area contributed by atoms with Crippen LogP contribution in [-0.4, -0.2) is 11.1 Å². The van der Waals surface area contributed by atoms with Crippen molar-refractivity contribution >= 4 is 17.6 Å². The summed E-state index contributed by atoms with van der Waals surface area (Å²) in [5.74, 6) is -0.936. The Morgan fingerprint density at radius 1 is 1.46 bits per heavy atom. The number of hydrogen-bond donors (Lipinski definition) is 1. The normalized spacial score (nSPS) is 15.8. The number of aliphatic carboxylic acids is 1. The molecule has 1 rings (SSSR count). The zero-order valence-corrected chi connectivity index (χ0v) is 8.98. The fourth-order valence-electron chi connectivity index (χ4n) is 1.02. The maximum absolute atomic E-state index is 10.5. The molecule has 1 aliphatic rings. The summed E-state index contributed by atoms with van der Waals surface area (Å²) in [6, 6.07) is 0. The van der Waals surface area contributed by atoms with Gasteiger partial charge in [-0.1, -0.05) is 31.0 Å². The molecule has 74 valence electrons. The highest BCUT2D eigenvalue weighted by molar-refractivity contribution is 6.32. The molecule has 0 atom stereocenters. The fraction of sp³-hybridized carbons (Fsp3) is 0.500. The second-order valence-corrected chi connectivity index (χ2v) is 3.07. The highest BCUT2D eigenvalue weighted by Gasteiger charge is 2.14. The summed E-state index contributed by atoms with van der Waals surface area (Å²) in [6.07, 6.45) is 3.16. The molecule has 0 heterocycles. The Morgan fingerprint density at radius 3 is 2.38 bits per heavy atom. The first-order chi connectivity index (χ1) is 6.11. The molecule has 0 saturated heterocycles. The summed E-state index contributed by atoms with van der Waals surface area (Å²) in [5, 5.41) is 9.10. The summed E-state index contributed by atoms with van der Waals surface area (Å²) >= 11 is 5.70. The van der Waals surface area contributed by atoms with Crippen molar-refractivity contribution in [2.75, 3.05) is 0 Å². The molecule has 3 heteroatoms. The lowest BCUT2D eigenvalue weighted by atomic mass is 10.0. The van der Waals surface area contributed by atoms with Gasteiger partial charge in [-0.15, -0.1) is 0 Å². The van der Waals surface area contributed by atoms with Gasteiger partial charge in [0.2, 0.25) is 0 Å². The molecule has 0 saturated carbocycles. The van der Waals surface area contributed by atoms with Crippen molar-refractivity contribution in [3.63, 3.8) is 0 Å². The molecule has 0 spiro atoms. The minimum absolute atomic E-state index is 0.246. The first-order valence-corrected chi connectivity index (χ1v) is 4.78. The van der Waals surface area contributed by atoms with Gasteiger partial charge in [-0.3, -0.25) is 0 Å². The van der Waals surface area contributed by atoms with E-state index in [4.69, 9.17) is 16.7 Å². The second-order valence-electron chi connectivity index (χ2n) is 2.61. The number of carboxylic acid groups (broad SMARTS) is 1. The van der Waals surface area contributed by atoms with Crippen LogP contribution < -0.4 is 0 Å². The third-order valence-electron chi connectivity index (χ3n) is 1.65. The number of carboxylic acids is 1. The molecule has 0 unspecified atom stereocenters. The van der Waals surface area contributed by atoms with E-state index in [0.29, 0.717) is 11.5 Å². The zero-order valence-electron chi connectivity index (χ0n) is 8.22. The van der Waals surface area contributed by atoms with Crippen molar-refractivity contribution in [3.8, 4) is 0 Å². The highest BCUT2D eigenvalue weighted by atomic mass is 35.5. The lowest BCUT2D eigenvalue weighted by Crippen LogP contribution is -2.04. The first kappa shape index (κ1) is 12.2. The SMILES string of the molecule is CC.CC1=CC(C(=O)O)=C(Cl)CC1. The van der Waals surface area contributed by atoms with Crippen LogP contribution >= 0.6 is 11.6 Å². The average Bonchev–Trinajstić information content (AvgIpc) is 2.12. The molecule has 0 aliphatic heterocycles. The van der Waals surface area contributed by atoms with E-state index in [1.54, 1.807) is 6.08 Å². The van der Waals surface area contributed by atoms with Gasteiger partial charge in [0.15, 0.2) is 0 Å². The van der Waals surface area contributed by atoms with Gasteiger partial charge in [0.25, 0.3) is 0 Å². The van der Waals surface area contributed by atoms with Crippen LogP contribution in [-0.2, 0) is 4.79 Å². The molecular weight excluding hydrogens is 188 g/mol. The van der Waals surface area contributed by atoms with E-state index < -0.39 is 5.97 Å². The van der Waals surface area contributed by atoms with E-state index in [9.17, 15) is 4.79 Å². The van der Waals surface area contributed by atoms with E-state index in [1.165, 1.54) is 0 Å². The van der Waals surface area contributed by atoms with Crippen LogP contribution in [0.1, 0.15) is 33.6 Å². The Labute approximate surface area is 83.9 Å². The molecule has 0 radical (unpaired) electrons. The van der Waals surface area contributed by atoms with Gasteiger partial charge in [0, 0.05) is 5.03 Å². The van der Waals surface area contributed by atoms with Gasteiger partial charge in [-0.25, -0.2) is 4.79 Å². The Hall–Kier alpha value is -0.760. The topological polar surface area (TPSA) is 37.3 Å². The zero-order chi connectivity index (χ0) is 10.4. The second kappa shape index (κ2) is 5.81. The van der Waals surface area contributed by atoms with Crippen LogP contribution in [0.4, 0.5) is 0 Å². The summed E-state index contributed by atoms with van der Waals surface area (Å²) in [4.78, 5) is 10.5. The first-order valence-electron chi connectivity index (χ1n) is 4.40. The van der Waals surface area contributed by atoms with Crippen molar-refractivity contribution in [3.05, 3.63) is 22.3 Å². The molecular formula is C10H15ClO2. The van der Waals surface area contributed by atoms with Crippen LogP contribution in [0.5, 0.6) is 0 Å². The smallest absolute Gasteiger partial charge is 0.336 e. The number of hydrogen-bond acceptors (Lipinski definition) is 1. The Morgan fingerprint density at radius 2 is 2.00 bits per heavy atom. The lowest BCUT2D eigenvalue weighted by Gasteiger charge is -2.10. The number of allylic oxidation sites excluding steroid dienone is 2. The summed E-state index contributed by atoms with van der Waals surface area (Å²) in [7, 11) is 0. The molecule has 13 heavy (non-hydrogen) atoms. The van der Waals surface area contributed by atoms with Crippen LogP contribution in [0.3, 0.4) is 0 Å². The number of halogens is 1. The van der Waals surface area contributed by atoms with E-state index in [-0.39, 0.29) is 5.57 Å². The summed E-state index contributed by atoms with van der Waals surface area (Å²) < 4.78 is 0. The predicted molar refractivity (Wildman–Crippen MR) is 54.9 cm³/mol. The molecule has 0 fully saturated rings. The Bertz CT molecular complexity index is 252. The quantitative estimate of drug-likeness (QED) is 0.708. The van der Waals surface area contributed by atoms with Gasteiger partial charge >= 0.3 is 5.97 Å². The minimum Gasteiger partial charge on any atom is -0.478 e. The van der Waals surface area contributed by atoms with Gasteiger partial charge in [0.1, 0.15) is 0 Å². The Balaban J connectivity index is 0.000000671. The van der Waals surface area contributed by atoms with Crippen molar-refractivity contribution < 1.29 is 9.90 Å². The minimum atomic E-state index is -0.936. The molecule has 0 aromatic heterocycles. The van der Waals surface area contributed by atoms with Crippen LogP contribution in [0, 0.1) is 0 Å². The van der Waals surface area contributed by atoms with E-state index in [0.717, 1.165) is 12.0 Å². The van der Waals surface area contributed by atoms with Crippen LogP contribution in [0.15, 0.2) is 22.3 Å². The van der Waals surface area contributed by atoms with Crippen LogP contribution in [0.2, 0.25) is 0 Å². The van der Waals surface area contributed by atoms with E-state index >= 15 is 0 Å². The number of carbonyl (C=O) groups is 1. The average molecular weight is 203 g/mol. The molecule has 1 aliphatic carbocycles. The third-order valence-corrected chi connectivity index (χ3v) is 2.04.